The van der Waals surface area contributed by atoms with E-state index in [1.807, 2.05) is 0 Å². The zero-order chi connectivity index (χ0) is 48.0. The number of ether oxygens (including phenoxy) is 6. The standard InChI is InChI=1S/C52H90O14/c1-3-5-7-9-11-13-15-17-19-20-21-23-25-27-29-31-33-35-44(54)64-41(38-61-36-34-32-30-28-26-24-22-18-16-14-12-10-8-6-4-2)39-62-51-50(60)48(58)46(56)43(66-51)40-63-52-49(59)47(57)45(55)42(37-53)65-52/h5,7,11,13,16-19,21,23,41-43,45-53,55-60H,3-4,6,8-10,12,14-15,20,22,24-40H2,1-2H3/b7-5-,13-11-,18-16-,19-17-,23-21-. The number of allylic oxidation sites excluding steroid dienone is 10. The van der Waals surface area contributed by atoms with Gasteiger partial charge in [0.2, 0.25) is 0 Å². The van der Waals surface area contributed by atoms with Gasteiger partial charge < -0.3 is 64.2 Å². The van der Waals surface area contributed by atoms with E-state index in [-0.39, 0.29) is 19.6 Å². The molecule has 0 saturated carbocycles. The molecule has 0 amide bonds. The zero-order valence-corrected chi connectivity index (χ0v) is 40.4. The molecular formula is C52H90O14. The largest absolute Gasteiger partial charge is 0.457 e. The Hall–Kier alpha value is -2.31. The van der Waals surface area contributed by atoms with Crippen molar-refractivity contribution in [3.05, 3.63) is 60.8 Å². The highest BCUT2D eigenvalue weighted by atomic mass is 16.7. The lowest BCUT2D eigenvalue weighted by Gasteiger charge is -2.42. The van der Waals surface area contributed by atoms with Crippen LogP contribution in [-0.2, 0) is 33.2 Å². The van der Waals surface area contributed by atoms with Gasteiger partial charge in [-0.3, -0.25) is 4.79 Å². The quantitative estimate of drug-likeness (QED) is 0.0183. The first-order valence-corrected chi connectivity index (χ1v) is 25.4. The van der Waals surface area contributed by atoms with E-state index in [9.17, 15) is 40.5 Å². The molecule has 2 aliphatic rings. The molecule has 11 unspecified atom stereocenters. The number of unbranched alkanes of at least 4 members (excludes halogenated alkanes) is 15. The summed E-state index contributed by atoms with van der Waals surface area (Å²) < 4.78 is 34.2. The molecule has 11 atom stereocenters. The highest BCUT2D eigenvalue weighted by Crippen LogP contribution is 2.26. The number of hydrogen-bond donors (Lipinski definition) is 7. The molecule has 0 bridgehead atoms. The van der Waals surface area contributed by atoms with Crippen LogP contribution in [0.1, 0.15) is 162 Å². The van der Waals surface area contributed by atoms with Crippen molar-refractivity contribution in [1.29, 1.82) is 0 Å². The lowest BCUT2D eigenvalue weighted by Crippen LogP contribution is -2.61. The van der Waals surface area contributed by atoms with Crippen molar-refractivity contribution >= 4 is 5.97 Å². The Morgan fingerprint density at radius 2 is 0.985 bits per heavy atom. The minimum atomic E-state index is -1.71. The van der Waals surface area contributed by atoms with Gasteiger partial charge in [-0.15, -0.1) is 0 Å². The SMILES string of the molecule is CC/C=C\C/C=C\C/C=C\C/C=C\CCCCCCC(=O)OC(COCCCCCCCC/C=C\CCCCCCC)COC1OC(COC2OC(CO)C(O)C(O)C2O)C(O)C(O)C1O. The van der Waals surface area contributed by atoms with Gasteiger partial charge >= 0.3 is 5.97 Å². The highest BCUT2D eigenvalue weighted by molar-refractivity contribution is 5.69. The number of hydrogen-bond acceptors (Lipinski definition) is 14. The van der Waals surface area contributed by atoms with Crippen molar-refractivity contribution in [2.75, 3.05) is 33.0 Å². The summed E-state index contributed by atoms with van der Waals surface area (Å²) in [5.41, 5.74) is 0. The zero-order valence-electron chi connectivity index (χ0n) is 40.4. The van der Waals surface area contributed by atoms with E-state index >= 15 is 0 Å². The van der Waals surface area contributed by atoms with Crippen LogP contribution in [0.25, 0.3) is 0 Å². The topological polar surface area (TPSA) is 214 Å². The van der Waals surface area contributed by atoms with Crippen molar-refractivity contribution in [3.8, 4) is 0 Å². The molecule has 0 aromatic rings. The van der Waals surface area contributed by atoms with E-state index in [1.54, 1.807) is 0 Å². The number of esters is 1. The number of aliphatic hydroxyl groups is 7. The molecule has 7 N–H and O–H groups in total. The average molecular weight is 939 g/mol. The van der Waals surface area contributed by atoms with Crippen LogP contribution in [0.2, 0.25) is 0 Å². The molecule has 2 heterocycles. The third kappa shape index (κ3) is 27.0. The lowest BCUT2D eigenvalue weighted by atomic mass is 9.98. The molecule has 2 rings (SSSR count). The fraction of sp³-hybridized carbons (Fsp3) is 0.788. The summed E-state index contributed by atoms with van der Waals surface area (Å²) in [6.45, 7) is 3.50. The van der Waals surface area contributed by atoms with Crippen molar-refractivity contribution < 1.29 is 69.0 Å². The third-order valence-corrected chi connectivity index (χ3v) is 11.8. The van der Waals surface area contributed by atoms with Crippen LogP contribution in [0.15, 0.2) is 60.8 Å². The van der Waals surface area contributed by atoms with Crippen molar-refractivity contribution in [2.24, 2.45) is 0 Å². The van der Waals surface area contributed by atoms with E-state index in [0.29, 0.717) is 13.0 Å². The molecule has 66 heavy (non-hydrogen) atoms. The third-order valence-electron chi connectivity index (χ3n) is 11.8. The van der Waals surface area contributed by atoms with Gasteiger partial charge in [0.05, 0.1) is 26.4 Å². The molecule has 2 aliphatic heterocycles. The van der Waals surface area contributed by atoms with Crippen LogP contribution in [0, 0.1) is 0 Å². The van der Waals surface area contributed by atoms with Crippen molar-refractivity contribution in [2.45, 2.75) is 229 Å². The van der Waals surface area contributed by atoms with E-state index in [1.165, 1.54) is 57.8 Å². The molecule has 2 saturated heterocycles. The van der Waals surface area contributed by atoms with Gasteiger partial charge in [0.1, 0.15) is 54.9 Å². The first-order valence-electron chi connectivity index (χ1n) is 25.4. The van der Waals surface area contributed by atoms with Crippen LogP contribution in [-0.4, -0.2) is 142 Å². The Kier molecular flexibility index (Phi) is 35.8. The second-order valence-corrected chi connectivity index (χ2v) is 17.6. The highest BCUT2D eigenvalue weighted by Gasteiger charge is 2.47. The molecule has 0 aromatic heterocycles. The van der Waals surface area contributed by atoms with E-state index in [4.69, 9.17) is 28.4 Å². The normalized spacial score (nSPS) is 26.8. The fourth-order valence-electron chi connectivity index (χ4n) is 7.62. The smallest absolute Gasteiger partial charge is 0.306 e. The van der Waals surface area contributed by atoms with E-state index in [2.05, 4.69) is 74.6 Å². The van der Waals surface area contributed by atoms with Gasteiger partial charge in [0.25, 0.3) is 0 Å². The number of aliphatic hydroxyl groups excluding tert-OH is 7. The summed E-state index contributed by atoms with van der Waals surface area (Å²) >= 11 is 0. The molecule has 0 aromatic carbocycles. The molecule has 0 spiro atoms. The summed E-state index contributed by atoms with van der Waals surface area (Å²) in [4.78, 5) is 13.0. The Balaban J connectivity index is 1.80. The van der Waals surface area contributed by atoms with Gasteiger partial charge in [0, 0.05) is 13.0 Å². The molecule has 0 aliphatic carbocycles. The maximum absolute atomic E-state index is 13.0. The summed E-state index contributed by atoms with van der Waals surface area (Å²) in [6.07, 6.45) is 29.9. The summed E-state index contributed by atoms with van der Waals surface area (Å²) in [7, 11) is 0. The van der Waals surface area contributed by atoms with Crippen molar-refractivity contribution in [3.63, 3.8) is 0 Å². The number of rotatable bonds is 39. The average Bonchev–Trinajstić information content (AvgIpc) is 3.31. The predicted octanol–water partition coefficient (Wildman–Crippen LogP) is 7.35. The maximum Gasteiger partial charge on any atom is 0.306 e. The Bertz CT molecular complexity index is 1320. The van der Waals surface area contributed by atoms with E-state index in [0.717, 1.165) is 77.0 Å². The minimum absolute atomic E-state index is 0.0448. The Morgan fingerprint density at radius 3 is 1.56 bits per heavy atom. The van der Waals surface area contributed by atoms with Crippen LogP contribution in [0.3, 0.4) is 0 Å². The molecule has 14 heteroatoms. The van der Waals surface area contributed by atoms with Crippen molar-refractivity contribution in [1.82, 2.24) is 0 Å². The molecule has 382 valence electrons. The first kappa shape index (κ1) is 59.8. The molecular weight excluding hydrogens is 849 g/mol. The predicted molar refractivity (Wildman–Crippen MR) is 256 cm³/mol. The number of carbonyl (C=O) groups is 1. The van der Waals surface area contributed by atoms with Crippen LogP contribution >= 0.6 is 0 Å². The Morgan fingerprint density at radius 1 is 0.515 bits per heavy atom. The van der Waals surface area contributed by atoms with Crippen LogP contribution in [0.5, 0.6) is 0 Å². The summed E-state index contributed by atoms with van der Waals surface area (Å²) in [5.74, 6) is -0.403. The molecule has 2 fully saturated rings. The lowest BCUT2D eigenvalue weighted by molar-refractivity contribution is -0.332. The second-order valence-electron chi connectivity index (χ2n) is 17.6. The van der Waals surface area contributed by atoms with E-state index < -0.39 is 86.7 Å². The van der Waals surface area contributed by atoms with Gasteiger partial charge in [-0.2, -0.15) is 0 Å². The summed E-state index contributed by atoms with van der Waals surface area (Å²) in [6, 6.07) is 0. The Labute approximate surface area is 396 Å². The first-order chi connectivity index (χ1) is 32.1. The van der Waals surface area contributed by atoms with Crippen LogP contribution in [0.4, 0.5) is 0 Å². The summed E-state index contributed by atoms with van der Waals surface area (Å²) in [5, 5.41) is 72.1. The van der Waals surface area contributed by atoms with Crippen LogP contribution < -0.4 is 0 Å². The van der Waals surface area contributed by atoms with Gasteiger partial charge in [-0.05, 0) is 77.0 Å². The monoisotopic (exact) mass is 939 g/mol. The number of carbonyl (C=O) groups excluding carboxylic acids is 1. The molecule has 0 radical (unpaired) electrons. The van der Waals surface area contributed by atoms with Gasteiger partial charge in [0.15, 0.2) is 12.6 Å². The van der Waals surface area contributed by atoms with Gasteiger partial charge in [-0.1, -0.05) is 139 Å². The molecule has 14 nitrogen and oxygen atoms in total. The second kappa shape index (κ2) is 39.5. The maximum atomic E-state index is 13.0. The van der Waals surface area contributed by atoms with Gasteiger partial charge in [-0.25, -0.2) is 0 Å². The minimum Gasteiger partial charge on any atom is -0.457 e. The fourth-order valence-corrected chi connectivity index (χ4v) is 7.62.